The van der Waals surface area contributed by atoms with E-state index in [0.717, 1.165) is 10.0 Å². The maximum atomic E-state index is 12.6. The first kappa shape index (κ1) is 18.5. The third-order valence-electron chi connectivity index (χ3n) is 4.56. The molecule has 1 amide bonds. The fraction of sp³-hybridized carbons (Fsp3) is 0.250. The number of ether oxygens (including phenoxy) is 2. The molecular formula is C20H18BrN3O4. The van der Waals surface area contributed by atoms with Crippen molar-refractivity contribution in [3.8, 4) is 11.5 Å². The molecular weight excluding hydrogens is 426 g/mol. The van der Waals surface area contributed by atoms with Gasteiger partial charge in [0.05, 0.1) is 23.3 Å². The quantitative estimate of drug-likeness (QED) is 0.670. The Labute approximate surface area is 169 Å². The highest BCUT2D eigenvalue weighted by Gasteiger charge is 2.19. The minimum Gasteiger partial charge on any atom is -0.486 e. The van der Waals surface area contributed by atoms with E-state index in [9.17, 15) is 9.59 Å². The molecule has 28 heavy (non-hydrogen) atoms. The van der Waals surface area contributed by atoms with Crippen molar-refractivity contribution < 1.29 is 14.3 Å². The van der Waals surface area contributed by atoms with Crippen molar-refractivity contribution in [2.24, 2.45) is 0 Å². The predicted octanol–water partition coefficient (Wildman–Crippen LogP) is 2.81. The molecule has 1 aromatic heterocycles. The maximum absolute atomic E-state index is 12.6. The Morgan fingerprint density at radius 1 is 1.25 bits per heavy atom. The highest BCUT2D eigenvalue weighted by Crippen LogP contribution is 2.37. The van der Waals surface area contributed by atoms with Crippen molar-refractivity contribution in [3.05, 3.63) is 63.0 Å². The molecule has 0 saturated heterocycles. The van der Waals surface area contributed by atoms with Crippen LogP contribution in [0.1, 0.15) is 18.5 Å². The average molecular weight is 444 g/mol. The monoisotopic (exact) mass is 443 g/mol. The number of aromatic nitrogens is 2. The van der Waals surface area contributed by atoms with Gasteiger partial charge in [-0.1, -0.05) is 28.1 Å². The minimum atomic E-state index is -0.318. The Hall–Kier alpha value is -2.87. The molecule has 8 heteroatoms. The zero-order valence-corrected chi connectivity index (χ0v) is 16.7. The number of fused-ring (bicyclic) bond motifs is 2. The molecule has 1 aliphatic rings. The van der Waals surface area contributed by atoms with Gasteiger partial charge < -0.3 is 14.8 Å². The Morgan fingerprint density at radius 3 is 2.75 bits per heavy atom. The van der Waals surface area contributed by atoms with Crippen LogP contribution in [-0.2, 0) is 11.3 Å². The molecule has 0 fully saturated rings. The summed E-state index contributed by atoms with van der Waals surface area (Å²) >= 11 is 3.53. The number of hydrogen-bond acceptors (Lipinski definition) is 5. The lowest BCUT2D eigenvalue weighted by Gasteiger charge is -2.22. The molecule has 0 saturated carbocycles. The van der Waals surface area contributed by atoms with Gasteiger partial charge in [0.25, 0.3) is 5.56 Å². The van der Waals surface area contributed by atoms with Crippen LogP contribution in [0.5, 0.6) is 11.5 Å². The number of nitrogens with one attached hydrogen (secondary N) is 1. The largest absolute Gasteiger partial charge is 0.486 e. The third-order valence-corrected chi connectivity index (χ3v) is 5.25. The minimum absolute atomic E-state index is 0.0889. The SMILES string of the molecule is CC(NC(=O)Cn1c(=O)cnc2ccccc21)c1cc2c(cc1Br)OCCO2. The molecule has 7 nitrogen and oxygen atoms in total. The van der Waals surface area contributed by atoms with Gasteiger partial charge in [-0.05, 0) is 36.8 Å². The Bertz CT molecular complexity index is 1110. The number of hydrogen-bond donors (Lipinski definition) is 1. The number of nitrogens with zero attached hydrogens (tertiary/aromatic N) is 2. The Kier molecular flexibility index (Phi) is 5.04. The molecule has 0 bridgehead atoms. The average Bonchev–Trinajstić information content (AvgIpc) is 2.69. The smallest absolute Gasteiger partial charge is 0.269 e. The van der Waals surface area contributed by atoms with E-state index in [4.69, 9.17) is 9.47 Å². The van der Waals surface area contributed by atoms with Crippen LogP contribution in [-0.4, -0.2) is 28.7 Å². The fourth-order valence-electron chi connectivity index (χ4n) is 3.20. The maximum Gasteiger partial charge on any atom is 0.269 e. The van der Waals surface area contributed by atoms with E-state index < -0.39 is 0 Å². The normalized spacial score (nSPS) is 13.9. The lowest BCUT2D eigenvalue weighted by atomic mass is 10.1. The number of carbonyl (C=O) groups is 1. The van der Waals surface area contributed by atoms with E-state index in [-0.39, 0.29) is 24.1 Å². The van der Waals surface area contributed by atoms with Gasteiger partial charge in [0.2, 0.25) is 5.91 Å². The van der Waals surface area contributed by atoms with Crippen LogP contribution in [0.15, 0.2) is 51.9 Å². The van der Waals surface area contributed by atoms with E-state index in [1.165, 1.54) is 10.8 Å². The summed E-state index contributed by atoms with van der Waals surface area (Å²) in [5.74, 6) is 1.06. The van der Waals surface area contributed by atoms with E-state index >= 15 is 0 Å². The Morgan fingerprint density at radius 2 is 1.96 bits per heavy atom. The molecule has 0 spiro atoms. The summed E-state index contributed by atoms with van der Waals surface area (Å²) in [7, 11) is 0. The predicted molar refractivity (Wildman–Crippen MR) is 108 cm³/mol. The van der Waals surface area contributed by atoms with Crippen LogP contribution in [0.4, 0.5) is 0 Å². The zero-order valence-electron chi connectivity index (χ0n) is 15.1. The number of carbonyl (C=O) groups excluding carboxylic acids is 1. The summed E-state index contributed by atoms with van der Waals surface area (Å²) in [5, 5.41) is 2.94. The zero-order chi connectivity index (χ0) is 19.7. The van der Waals surface area contributed by atoms with Crippen LogP contribution in [0, 0.1) is 0 Å². The Balaban J connectivity index is 1.55. The summed E-state index contributed by atoms with van der Waals surface area (Å²) in [4.78, 5) is 29.0. The summed E-state index contributed by atoms with van der Waals surface area (Å²) < 4.78 is 13.4. The van der Waals surface area contributed by atoms with Gasteiger partial charge in [-0.15, -0.1) is 0 Å². The summed E-state index contributed by atoms with van der Waals surface area (Å²) in [5.41, 5.74) is 1.84. The van der Waals surface area contributed by atoms with Gasteiger partial charge in [0.15, 0.2) is 11.5 Å². The number of halogens is 1. The molecule has 144 valence electrons. The lowest BCUT2D eigenvalue weighted by Crippen LogP contribution is -2.34. The third kappa shape index (κ3) is 3.60. The second-order valence-corrected chi connectivity index (χ2v) is 7.33. The lowest BCUT2D eigenvalue weighted by molar-refractivity contribution is -0.122. The van der Waals surface area contributed by atoms with Crippen LogP contribution in [0.3, 0.4) is 0 Å². The molecule has 1 atom stereocenters. The molecule has 2 aromatic carbocycles. The van der Waals surface area contributed by atoms with Crippen LogP contribution >= 0.6 is 15.9 Å². The van der Waals surface area contributed by atoms with Gasteiger partial charge in [-0.3, -0.25) is 14.2 Å². The summed E-state index contributed by atoms with van der Waals surface area (Å²) in [6.45, 7) is 2.79. The number of amides is 1. The highest BCUT2D eigenvalue weighted by molar-refractivity contribution is 9.10. The van der Waals surface area contributed by atoms with Gasteiger partial charge in [-0.2, -0.15) is 0 Å². The first-order valence-electron chi connectivity index (χ1n) is 8.86. The van der Waals surface area contributed by atoms with Crippen molar-refractivity contribution in [3.63, 3.8) is 0 Å². The summed E-state index contributed by atoms with van der Waals surface area (Å²) in [6, 6.07) is 10.6. The van der Waals surface area contributed by atoms with E-state index in [1.807, 2.05) is 31.2 Å². The summed E-state index contributed by atoms with van der Waals surface area (Å²) in [6.07, 6.45) is 1.23. The highest BCUT2D eigenvalue weighted by atomic mass is 79.9. The molecule has 1 N–H and O–H groups in total. The van der Waals surface area contributed by atoms with Crippen molar-refractivity contribution >= 4 is 32.9 Å². The molecule has 4 rings (SSSR count). The second-order valence-electron chi connectivity index (χ2n) is 6.48. The van der Waals surface area contributed by atoms with E-state index in [1.54, 1.807) is 12.1 Å². The first-order chi connectivity index (χ1) is 13.5. The number of benzene rings is 2. The number of para-hydroxylation sites is 2. The molecule has 1 aliphatic heterocycles. The fourth-order valence-corrected chi connectivity index (χ4v) is 3.86. The second kappa shape index (κ2) is 7.63. The van der Waals surface area contributed by atoms with Crippen LogP contribution < -0.4 is 20.3 Å². The van der Waals surface area contributed by atoms with Crippen molar-refractivity contribution in [2.75, 3.05) is 13.2 Å². The molecule has 2 heterocycles. The first-order valence-corrected chi connectivity index (χ1v) is 9.65. The molecule has 1 unspecified atom stereocenters. The van der Waals surface area contributed by atoms with Crippen LogP contribution in [0.2, 0.25) is 0 Å². The van der Waals surface area contributed by atoms with Crippen LogP contribution in [0.25, 0.3) is 11.0 Å². The van der Waals surface area contributed by atoms with Crippen molar-refractivity contribution in [1.82, 2.24) is 14.9 Å². The van der Waals surface area contributed by atoms with Gasteiger partial charge in [0.1, 0.15) is 19.8 Å². The van der Waals surface area contributed by atoms with Gasteiger partial charge in [-0.25, -0.2) is 4.98 Å². The van der Waals surface area contributed by atoms with Gasteiger partial charge >= 0.3 is 0 Å². The molecule has 0 aliphatic carbocycles. The van der Waals surface area contributed by atoms with E-state index in [0.29, 0.717) is 35.7 Å². The van der Waals surface area contributed by atoms with Gasteiger partial charge in [0, 0.05) is 4.47 Å². The topological polar surface area (TPSA) is 82.5 Å². The van der Waals surface area contributed by atoms with E-state index in [2.05, 4.69) is 26.2 Å². The molecule has 3 aromatic rings. The number of rotatable bonds is 4. The van der Waals surface area contributed by atoms with Crippen molar-refractivity contribution in [2.45, 2.75) is 19.5 Å². The molecule has 0 radical (unpaired) electrons. The van der Waals surface area contributed by atoms with Crippen molar-refractivity contribution in [1.29, 1.82) is 0 Å². The standard InChI is InChI=1S/C20H18BrN3O4/c1-12(13-8-17-18(9-14(13)21)28-7-6-27-17)23-19(25)11-24-16-5-3-2-4-15(16)22-10-20(24)26/h2-5,8-10,12H,6-7,11H2,1H3,(H,23,25).